The van der Waals surface area contributed by atoms with Gasteiger partial charge in [-0.1, -0.05) is 12.1 Å². The minimum absolute atomic E-state index is 0.133. The monoisotopic (exact) mass is 319 g/mol. The first kappa shape index (κ1) is 16.6. The van der Waals surface area contributed by atoms with Crippen LogP contribution >= 0.6 is 0 Å². The summed E-state index contributed by atoms with van der Waals surface area (Å²) in [5, 5.41) is 2.50. The van der Waals surface area contributed by atoms with Gasteiger partial charge in [0.1, 0.15) is 11.6 Å². The Kier molecular flexibility index (Phi) is 5.41. The maximum absolute atomic E-state index is 13.0. The first-order valence-electron chi connectivity index (χ1n) is 6.94. The van der Waals surface area contributed by atoms with Crippen molar-refractivity contribution >= 4 is 17.6 Å². The number of benzene rings is 2. The molecule has 120 valence electrons. The van der Waals surface area contributed by atoms with Crippen LogP contribution in [0, 0.1) is 11.6 Å². The van der Waals surface area contributed by atoms with E-state index >= 15 is 0 Å². The molecule has 0 fully saturated rings. The molecule has 0 heterocycles. The van der Waals surface area contributed by atoms with Gasteiger partial charge in [-0.2, -0.15) is 0 Å². The average Bonchev–Trinajstić information content (AvgIpc) is 2.49. The van der Waals surface area contributed by atoms with Gasteiger partial charge in [0.25, 0.3) is 5.91 Å². The van der Waals surface area contributed by atoms with E-state index in [1.807, 2.05) is 0 Å². The normalized spacial score (nSPS) is 11.6. The van der Waals surface area contributed by atoms with Crippen LogP contribution in [0.15, 0.2) is 48.5 Å². The van der Waals surface area contributed by atoms with Crippen LogP contribution in [-0.4, -0.2) is 18.0 Å². The van der Waals surface area contributed by atoms with Crippen molar-refractivity contribution in [1.29, 1.82) is 0 Å². The van der Waals surface area contributed by atoms with E-state index < -0.39 is 29.6 Å². The molecule has 0 aliphatic carbocycles. The van der Waals surface area contributed by atoms with Crippen LogP contribution in [0.1, 0.15) is 12.5 Å². The molecule has 2 aromatic carbocycles. The van der Waals surface area contributed by atoms with Crippen molar-refractivity contribution in [1.82, 2.24) is 0 Å². The topological polar surface area (TPSA) is 55.4 Å². The van der Waals surface area contributed by atoms with E-state index in [0.29, 0.717) is 11.3 Å². The summed E-state index contributed by atoms with van der Waals surface area (Å²) in [5.41, 5.74) is 0.852. The maximum atomic E-state index is 13.0. The van der Waals surface area contributed by atoms with Crippen LogP contribution in [0.25, 0.3) is 0 Å². The molecular formula is C17H15F2NO3. The molecule has 1 N–H and O–H groups in total. The molecule has 1 atom stereocenters. The van der Waals surface area contributed by atoms with Gasteiger partial charge in [-0.15, -0.1) is 0 Å². The molecule has 0 saturated heterocycles. The molecule has 2 rings (SSSR count). The van der Waals surface area contributed by atoms with Gasteiger partial charge in [0.2, 0.25) is 0 Å². The largest absolute Gasteiger partial charge is 0.452 e. The van der Waals surface area contributed by atoms with Crippen molar-refractivity contribution in [2.45, 2.75) is 19.4 Å². The zero-order chi connectivity index (χ0) is 16.8. The van der Waals surface area contributed by atoms with Crippen LogP contribution in [0.3, 0.4) is 0 Å². The highest BCUT2D eigenvalue weighted by atomic mass is 19.1. The Balaban J connectivity index is 1.87. The van der Waals surface area contributed by atoms with E-state index in [-0.39, 0.29) is 6.42 Å². The molecule has 0 saturated carbocycles. The fraction of sp³-hybridized carbons (Fsp3) is 0.176. The van der Waals surface area contributed by atoms with Crippen LogP contribution < -0.4 is 5.32 Å². The summed E-state index contributed by atoms with van der Waals surface area (Å²) in [6.45, 7) is 1.42. The van der Waals surface area contributed by atoms with Crippen LogP contribution in [0.2, 0.25) is 0 Å². The van der Waals surface area contributed by atoms with E-state index in [2.05, 4.69) is 5.32 Å². The van der Waals surface area contributed by atoms with Crippen LogP contribution in [0.5, 0.6) is 0 Å². The molecule has 0 radical (unpaired) electrons. The number of ether oxygens (including phenoxy) is 1. The zero-order valence-electron chi connectivity index (χ0n) is 12.4. The Morgan fingerprint density at radius 2 is 1.78 bits per heavy atom. The third-order valence-corrected chi connectivity index (χ3v) is 3.03. The molecule has 0 bridgehead atoms. The predicted octanol–water partition coefficient (Wildman–Crippen LogP) is 3.08. The van der Waals surface area contributed by atoms with Crippen LogP contribution in [0.4, 0.5) is 14.5 Å². The molecule has 0 aliphatic rings. The number of carbonyl (C=O) groups excluding carboxylic acids is 2. The lowest BCUT2D eigenvalue weighted by molar-refractivity contribution is -0.152. The third kappa shape index (κ3) is 5.18. The number of esters is 1. The summed E-state index contributed by atoms with van der Waals surface area (Å²) in [4.78, 5) is 23.7. The SMILES string of the molecule is CC(OC(=O)Cc1cccc(F)c1)C(=O)Nc1ccc(F)cc1. The Hall–Kier alpha value is -2.76. The van der Waals surface area contributed by atoms with Crippen molar-refractivity contribution < 1.29 is 23.1 Å². The van der Waals surface area contributed by atoms with Gasteiger partial charge >= 0.3 is 5.97 Å². The Bertz CT molecular complexity index is 701. The number of anilines is 1. The van der Waals surface area contributed by atoms with Crippen molar-refractivity contribution in [3.05, 3.63) is 65.7 Å². The van der Waals surface area contributed by atoms with Gasteiger partial charge in [-0.05, 0) is 48.9 Å². The molecule has 1 amide bonds. The Morgan fingerprint density at radius 1 is 1.09 bits per heavy atom. The highest BCUT2D eigenvalue weighted by molar-refractivity contribution is 5.95. The van der Waals surface area contributed by atoms with E-state index in [1.54, 1.807) is 6.07 Å². The smallest absolute Gasteiger partial charge is 0.311 e. The minimum Gasteiger partial charge on any atom is -0.452 e. The summed E-state index contributed by atoms with van der Waals surface area (Å²) in [7, 11) is 0. The van der Waals surface area contributed by atoms with Gasteiger partial charge in [0, 0.05) is 5.69 Å². The Morgan fingerprint density at radius 3 is 2.43 bits per heavy atom. The first-order chi connectivity index (χ1) is 10.9. The molecule has 6 heteroatoms. The lowest BCUT2D eigenvalue weighted by atomic mass is 10.1. The standard InChI is InChI=1S/C17H15F2NO3/c1-11(17(22)20-15-7-5-13(18)6-8-15)23-16(21)10-12-3-2-4-14(19)9-12/h2-9,11H,10H2,1H3,(H,20,22). The third-order valence-electron chi connectivity index (χ3n) is 3.03. The van der Waals surface area contributed by atoms with Gasteiger partial charge in [0.15, 0.2) is 6.10 Å². The fourth-order valence-electron chi connectivity index (χ4n) is 1.88. The van der Waals surface area contributed by atoms with Gasteiger partial charge < -0.3 is 10.1 Å². The number of halogens is 2. The van der Waals surface area contributed by atoms with E-state index in [4.69, 9.17) is 4.74 Å². The summed E-state index contributed by atoms with van der Waals surface area (Å²) >= 11 is 0. The van der Waals surface area contributed by atoms with Crippen molar-refractivity contribution in [3.63, 3.8) is 0 Å². The average molecular weight is 319 g/mol. The van der Waals surface area contributed by atoms with Crippen molar-refractivity contribution in [2.75, 3.05) is 5.32 Å². The minimum atomic E-state index is -1.03. The van der Waals surface area contributed by atoms with Crippen LogP contribution in [-0.2, 0) is 20.7 Å². The molecule has 1 unspecified atom stereocenters. The van der Waals surface area contributed by atoms with E-state index in [1.165, 1.54) is 49.4 Å². The lowest BCUT2D eigenvalue weighted by Crippen LogP contribution is -2.30. The number of hydrogen-bond acceptors (Lipinski definition) is 3. The van der Waals surface area contributed by atoms with Gasteiger partial charge in [-0.25, -0.2) is 8.78 Å². The molecular weight excluding hydrogens is 304 g/mol. The second-order valence-electron chi connectivity index (χ2n) is 4.93. The van der Waals surface area contributed by atoms with E-state index in [9.17, 15) is 18.4 Å². The van der Waals surface area contributed by atoms with E-state index in [0.717, 1.165) is 0 Å². The molecule has 0 spiro atoms. The zero-order valence-corrected chi connectivity index (χ0v) is 12.4. The predicted molar refractivity (Wildman–Crippen MR) is 80.7 cm³/mol. The van der Waals surface area contributed by atoms with Crippen molar-refractivity contribution in [3.8, 4) is 0 Å². The number of nitrogens with one attached hydrogen (secondary N) is 1. The van der Waals surface area contributed by atoms with Crippen molar-refractivity contribution in [2.24, 2.45) is 0 Å². The number of amides is 1. The number of hydrogen-bond donors (Lipinski definition) is 1. The lowest BCUT2D eigenvalue weighted by Gasteiger charge is -2.13. The second-order valence-corrected chi connectivity index (χ2v) is 4.93. The molecule has 0 aromatic heterocycles. The first-order valence-corrected chi connectivity index (χ1v) is 6.94. The second kappa shape index (κ2) is 7.49. The molecule has 2 aromatic rings. The molecule has 0 aliphatic heterocycles. The fourth-order valence-corrected chi connectivity index (χ4v) is 1.88. The molecule has 4 nitrogen and oxygen atoms in total. The Labute approximate surface area is 132 Å². The summed E-state index contributed by atoms with van der Waals surface area (Å²) in [5.74, 6) is -2.04. The summed E-state index contributed by atoms with van der Waals surface area (Å²) < 4.78 is 30.8. The number of carbonyl (C=O) groups is 2. The maximum Gasteiger partial charge on any atom is 0.311 e. The highest BCUT2D eigenvalue weighted by Gasteiger charge is 2.18. The summed E-state index contributed by atoms with van der Waals surface area (Å²) in [6, 6.07) is 10.8. The summed E-state index contributed by atoms with van der Waals surface area (Å²) in [6.07, 6.45) is -1.16. The van der Waals surface area contributed by atoms with Gasteiger partial charge in [0.05, 0.1) is 6.42 Å². The number of rotatable bonds is 5. The molecule has 23 heavy (non-hydrogen) atoms. The highest BCUT2D eigenvalue weighted by Crippen LogP contribution is 2.10. The quantitative estimate of drug-likeness (QED) is 0.862. The van der Waals surface area contributed by atoms with Gasteiger partial charge in [-0.3, -0.25) is 9.59 Å².